The van der Waals surface area contributed by atoms with E-state index in [4.69, 9.17) is 0 Å². The molecule has 1 unspecified atom stereocenters. The van der Waals surface area contributed by atoms with E-state index in [1.54, 1.807) is 6.07 Å². The van der Waals surface area contributed by atoms with Crippen molar-refractivity contribution >= 4 is 23.4 Å². The van der Waals surface area contributed by atoms with Crippen molar-refractivity contribution in [3.05, 3.63) is 29.8 Å². The van der Waals surface area contributed by atoms with Gasteiger partial charge in [0.05, 0.1) is 0 Å². The van der Waals surface area contributed by atoms with E-state index in [1.165, 1.54) is 6.92 Å². The molecule has 0 saturated heterocycles. The smallest absolute Gasteiger partial charge is 0.313 e. The second kappa shape index (κ2) is 8.81. The normalized spacial score (nSPS) is 11.4. The number of carbonyl (C=O) groups is 3. The molecule has 1 aromatic carbocycles. The molecule has 22 heavy (non-hydrogen) atoms. The Labute approximate surface area is 130 Å². The number of amides is 3. The number of anilines is 1. The van der Waals surface area contributed by atoms with Gasteiger partial charge in [-0.3, -0.25) is 14.4 Å². The van der Waals surface area contributed by atoms with Gasteiger partial charge in [-0.05, 0) is 24.0 Å². The van der Waals surface area contributed by atoms with Crippen LogP contribution in [0.25, 0.3) is 0 Å². The molecule has 0 saturated carbocycles. The minimum absolute atomic E-state index is 0.179. The Morgan fingerprint density at radius 3 is 2.32 bits per heavy atom. The van der Waals surface area contributed by atoms with Gasteiger partial charge in [-0.15, -0.1) is 0 Å². The number of hydrogen-bond acceptors (Lipinski definition) is 3. The maximum Gasteiger partial charge on any atom is 0.313 e. The first-order valence-corrected chi connectivity index (χ1v) is 7.38. The van der Waals surface area contributed by atoms with Crippen LogP contribution in [0.4, 0.5) is 5.69 Å². The summed E-state index contributed by atoms with van der Waals surface area (Å²) in [4.78, 5) is 34.3. The molecule has 0 aliphatic heterocycles. The van der Waals surface area contributed by atoms with Crippen LogP contribution in [0.5, 0.6) is 0 Å². The number of para-hydroxylation sites is 1. The van der Waals surface area contributed by atoms with Crippen LogP contribution in [0.3, 0.4) is 0 Å². The highest BCUT2D eigenvalue weighted by Crippen LogP contribution is 2.26. The number of carbonyl (C=O) groups excluding carboxylic acids is 3. The summed E-state index contributed by atoms with van der Waals surface area (Å²) in [6.07, 6.45) is 0.940. The van der Waals surface area contributed by atoms with E-state index in [0.717, 1.165) is 12.0 Å². The van der Waals surface area contributed by atoms with Crippen molar-refractivity contribution in [2.45, 2.75) is 33.1 Å². The molecule has 0 fully saturated rings. The largest absolute Gasteiger partial charge is 0.355 e. The molecular formula is C16H23N3O3. The molecule has 0 radical (unpaired) electrons. The average molecular weight is 305 g/mol. The first-order chi connectivity index (χ1) is 10.5. The molecule has 0 spiro atoms. The molecule has 0 aromatic heterocycles. The van der Waals surface area contributed by atoms with Gasteiger partial charge in [0.1, 0.15) is 0 Å². The SMILES string of the molecule is CCC(C)c1ccccc1NC(=O)C(=O)NCCNC(C)=O. The Balaban J connectivity index is 2.57. The van der Waals surface area contributed by atoms with Crippen molar-refractivity contribution < 1.29 is 14.4 Å². The van der Waals surface area contributed by atoms with Gasteiger partial charge >= 0.3 is 11.8 Å². The van der Waals surface area contributed by atoms with Gasteiger partial charge in [0, 0.05) is 25.7 Å². The van der Waals surface area contributed by atoms with E-state index in [1.807, 2.05) is 18.2 Å². The molecule has 0 aliphatic carbocycles. The highest BCUT2D eigenvalue weighted by atomic mass is 16.2. The van der Waals surface area contributed by atoms with E-state index in [-0.39, 0.29) is 19.0 Å². The third-order valence-electron chi connectivity index (χ3n) is 3.34. The zero-order valence-corrected chi connectivity index (χ0v) is 13.2. The third kappa shape index (κ3) is 5.55. The van der Waals surface area contributed by atoms with Gasteiger partial charge in [-0.1, -0.05) is 32.0 Å². The van der Waals surface area contributed by atoms with Crippen LogP contribution in [0.15, 0.2) is 24.3 Å². The molecule has 3 N–H and O–H groups in total. The predicted molar refractivity (Wildman–Crippen MR) is 85.5 cm³/mol. The highest BCUT2D eigenvalue weighted by molar-refractivity contribution is 6.39. The fourth-order valence-electron chi connectivity index (χ4n) is 1.93. The monoisotopic (exact) mass is 305 g/mol. The van der Waals surface area contributed by atoms with Crippen LogP contribution in [0, 0.1) is 0 Å². The van der Waals surface area contributed by atoms with E-state index in [9.17, 15) is 14.4 Å². The quantitative estimate of drug-likeness (QED) is 0.548. The molecule has 0 bridgehead atoms. The van der Waals surface area contributed by atoms with Crippen molar-refractivity contribution in [2.24, 2.45) is 0 Å². The number of rotatable bonds is 6. The molecule has 3 amide bonds. The Morgan fingerprint density at radius 1 is 1.05 bits per heavy atom. The molecule has 0 heterocycles. The van der Waals surface area contributed by atoms with E-state index < -0.39 is 11.8 Å². The molecule has 1 rings (SSSR count). The molecule has 6 nitrogen and oxygen atoms in total. The third-order valence-corrected chi connectivity index (χ3v) is 3.34. The van der Waals surface area contributed by atoms with Gasteiger partial charge in [0.15, 0.2) is 0 Å². The van der Waals surface area contributed by atoms with E-state index in [2.05, 4.69) is 29.8 Å². The summed E-state index contributed by atoms with van der Waals surface area (Å²) in [5.41, 5.74) is 1.66. The van der Waals surface area contributed by atoms with Crippen molar-refractivity contribution in [3.8, 4) is 0 Å². The number of benzene rings is 1. The molecular weight excluding hydrogens is 282 g/mol. The maximum atomic E-state index is 11.9. The average Bonchev–Trinajstić information content (AvgIpc) is 2.50. The highest BCUT2D eigenvalue weighted by Gasteiger charge is 2.16. The molecule has 1 aromatic rings. The minimum Gasteiger partial charge on any atom is -0.355 e. The molecule has 120 valence electrons. The summed E-state index contributed by atoms with van der Waals surface area (Å²) < 4.78 is 0. The van der Waals surface area contributed by atoms with Gasteiger partial charge in [0.25, 0.3) is 0 Å². The lowest BCUT2D eigenvalue weighted by atomic mass is 9.97. The molecule has 6 heteroatoms. The first kappa shape index (κ1) is 17.7. The fraction of sp³-hybridized carbons (Fsp3) is 0.438. The summed E-state index contributed by atoms with van der Waals surface area (Å²) >= 11 is 0. The van der Waals surface area contributed by atoms with E-state index >= 15 is 0 Å². The van der Waals surface area contributed by atoms with Crippen LogP contribution in [0.2, 0.25) is 0 Å². The Morgan fingerprint density at radius 2 is 1.68 bits per heavy atom. The fourth-order valence-corrected chi connectivity index (χ4v) is 1.93. The van der Waals surface area contributed by atoms with Gasteiger partial charge in [-0.25, -0.2) is 0 Å². The summed E-state index contributed by atoms with van der Waals surface area (Å²) in [5, 5.41) is 7.63. The number of hydrogen-bond donors (Lipinski definition) is 3. The van der Waals surface area contributed by atoms with Crippen molar-refractivity contribution in [2.75, 3.05) is 18.4 Å². The molecule has 1 atom stereocenters. The first-order valence-electron chi connectivity index (χ1n) is 7.38. The Hall–Kier alpha value is -2.37. The van der Waals surface area contributed by atoms with Gasteiger partial charge < -0.3 is 16.0 Å². The minimum atomic E-state index is -0.718. The molecule has 0 aliphatic rings. The zero-order chi connectivity index (χ0) is 16.5. The van der Waals surface area contributed by atoms with Gasteiger partial charge in [0.2, 0.25) is 5.91 Å². The standard InChI is InChI=1S/C16H23N3O3/c1-4-11(2)13-7-5-6-8-14(13)19-16(22)15(21)18-10-9-17-12(3)20/h5-8,11H,4,9-10H2,1-3H3,(H,17,20)(H,18,21)(H,19,22). The summed E-state index contributed by atoms with van der Waals surface area (Å²) in [6, 6.07) is 7.45. The summed E-state index contributed by atoms with van der Waals surface area (Å²) in [7, 11) is 0. The Kier molecular flexibility index (Phi) is 7.08. The van der Waals surface area contributed by atoms with Crippen molar-refractivity contribution in [3.63, 3.8) is 0 Å². The summed E-state index contributed by atoms with van der Waals surface area (Å²) in [5.74, 6) is -1.32. The summed E-state index contributed by atoms with van der Waals surface area (Å²) in [6.45, 7) is 6.02. The predicted octanol–water partition coefficient (Wildman–Crippen LogP) is 1.39. The lowest BCUT2D eigenvalue weighted by Gasteiger charge is -2.15. The Bertz CT molecular complexity index is 543. The topological polar surface area (TPSA) is 87.3 Å². The van der Waals surface area contributed by atoms with Crippen LogP contribution < -0.4 is 16.0 Å². The van der Waals surface area contributed by atoms with Crippen LogP contribution in [-0.2, 0) is 14.4 Å². The lowest BCUT2D eigenvalue weighted by Crippen LogP contribution is -2.39. The maximum absolute atomic E-state index is 11.9. The van der Waals surface area contributed by atoms with Crippen molar-refractivity contribution in [1.82, 2.24) is 10.6 Å². The van der Waals surface area contributed by atoms with Crippen LogP contribution in [-0.4, -0.2) is 30.8 Å². The van der Waals surface area contributed by atoms with Crippen molar-refractivity contribution in [1.29, 1.82) is 0 Å². The van der Waals surface area contributed by atoms with Gasteiger partial charge in [-0.2, -0.15) is 0 Å². The zero-order valence-electron chi connectivity index (χ0n) is 13.2. The second-order valence-corrected chi connectivity index (χ2v) is 5.09. The van der Waals surface area contributed by atoms with Crippen LogP contribution in [0.1, 0.15) is 38.7 Å². The number of nitrogens with one attached hydrogen (secondary N) is 3. The second-order valence-electron chi connectivity index (χ2n) is 5.09. The lowest BCUT2D eigenvalue weighted by molar-refractivity contribution is -0.136. The van der Waals surface area contributed by atoms with E-state index in [0.29, 0.717) is 11.6 Å². The van der Waals surface area contributed by atoms with Crippen LogP contribution >= 0.6 is 0 Å².